The molecule has 1 aromatic heterocycles. The Hall–Kier alpha value is -1.40. The van der Waals surface area contributed by atoms with Crippen molar-refractivity contribution in [1.82, 2.24) is 9.97 Å². The third-order valence-electron chi connectivity index (χ3n) is 3.91. The van der Waals surface area contributed by atoms with Crippen LogP contribution in [0.5, 0.6) is 0 Å². The third kappa shape index (κ3) is 3.83. The molecule has 0 aliphatic carbocycles. The van der Waals surface area contributed by atoms with Gasteiger partial charge < -0.3 is 20.1 Å². The Bertz CT molecular complexity index is 459. The van der Waals surface area contributed by atoms with Gasteiger partial charge in [-0.1, -0.05) is 6.92 Å². The summed E-state index contributed by atoms with van der Waals surface area (Å²) < 4.78 is 5.61. The van der Waals surface area contributed by atoms with E-state index in [-0.39, 0.29) is 12.7 Å². The second kappa shape index (κ2) is 7.56. The number of aliphatic hydroxyl groups is 1. The van der Waals surface area contributed by atoms with Crippen molar-refractivity contribution in [3.8, 4) is 0 Å². The van der Waals surface area contributed by atoms with Crippen LogP contribution >= 0.6 is 0 Å². The molecule has 1 saturated heterocycles. The summed E-state index contributed by atoms with van der Waals surface area (Å²) in [5, 5.41) is 12.0. The Morgan fingerprint density at radius 1 is 1.33 bits per heavy atom. The highest BCUT2D eigenvalue weighted by Crippen LogP contribution is 2.26. The lowest BCUT2D eigenvalue weighted by Crippen LogP contribution is -2.38. The molecular formula is C15H26N4O2. The molecule has 2 heterocycles. The number of hydrogen-bond donors (Lipinski definition) is 2. The van der Waals surface area contributed by atoms with Crippen LogP contribution < -0.4 is 10.2 Å². The molecular weight excluding hydrogens is 268 g/mol. The predicted molar refractivity (Wildman–Crippen MR) is 84.0 cm³/mol. The minimum absolute atomic E-state index is 0.0939. The van der Waals surface area contributed by atoms with E-state index >= 15 is 0 Å². The van der Waals surface area contributed by atoms with E-state index in [9.17, 15) is 0 Å². The van der Waals surface area contributed by atoms with Crippen molar-refractivity contribution >= 4 is 11.6 Å². The van der Waals surface area contributed by atoms with Gasteiger partial charge in [0.1, 0.15) is 17.5 Å². The van der Waals surface area contributed by atoms with Gasteiger partial charge in [0, 0.05) is 32.1 Å². The summed E-state index contributed by atoms with van der Waals surface area (Å²) in [6.07, 6.45) is 3.03. The van der Waals surface area contributed by atoms with Crippen LogP contribution in [0.25, 0.3) is 0 Å². The van der Waals surface area contributed by atoms with Crippen LogP contribution in [0.1, 0.15) is 31.2 Å². The van der Waals surface area contributed by atoms with E-state index in [1.165, 1.54) is 0 Å². The Morgan fingerprint density at radius 3 is 2.62 bits per heavy atom. The summed E-state index contributed by atoms with van der Waals surface area (Å²) in [4.78, 5) is 11.5. The maximum Gasteiger partial charge on any atom is 0.137 e. The highest BCUT2D eigenvalue weighted by Gasteiger charge is 2.23. The van der Waals surface area contributed by atoms with Gasteiger partial charge in [-0.2, -0.15) is 0 Å². The zero-order valence-corrected chi connectivity index (χ0v) is 13.2. The largest absolute Gasteiger partial charge is 0.394 e. The Kier molecular flexibility index (Phi) is 5.76. The molecule has 1 fully saturated rings. The van der Waals surface area contributed by atoms with Crippen molar-refractivity contribution in [1.29, 1.82) is 0 Å². The van der Waals surface area contributed by atoms with E-state index in [0.717, 1.165) is 55.4 Å². The number of piperidine rings is 1. The van der Waals surface area contributed by atoms with Gasteiger partial charge in [0.2, 0.25) is 0 Å². The molecule has 0 amide bonds. The van der Waals surface area contributed by atoms with Crippen molar-refractivity contribution < 1.29 is 9.84 Å². The number of ether oxygens (including phenoxy) is 1. The fourth-order valence-electron chi connectivity index (χ4n) is 2.71. The van der Waals surface area contributed by atoms with Crippen molar-refractivity contribution in [2.75, 3.05) is 43.6 Å². The van der Waals surface area contributed by atoms with E-state index in [4.69, 9.17) is 14.8 Å². The predicted octanol–water partition coefficient (Wildman–Crippen LogP) is 1.37. The Morgan fingerprint density at radius 2 is 2.05 bits per heavy atom. The second-order valence-corrected chi connectivity index (χ2v) is 5.32. The number of aryl methyl sites for hydroxylation is 1. The number of hydrogen-bond acceptors (Lipinski definition) is 6. The first-order valence-electron chi connectivity index (χ1n) is 7.72. The second-order valence-electron chi connectivity index (χ2n) is 5.32. The van der Waals surface area contributed by atoms with Gasteiger partial charge in [-0.15, -0.1) is 0 Å². The zero-order valence-electron chi connectivity index (χ0n) is 13.2. The maximum absolute atomic E-state index is 8.82. The summed E-state index contributed by atoms with van der Waals surface area (Å²) in [7, 11) is 1.90. The van der Waals surface area contributed by atoms with Gasteiger partial charge in [-0.25, -0.2) is 9.97 Å². The fraction of sp³-hybridized carbons (Fsp3) is 0.733. The molecule has 6 nitrogen and oxygen atoms in total. The summed E-state index contributed by atoms with van der Waals surface area (Å²) in [5.41, 5.74) is 1.10. The van der Waals surface area contributed by atoms with Gasteiger partial charge in [0.05, 0.1) is 19.3 Å². The van der Waals surface area contributed by atoms with Crippen LogP contribution in [0.2, 0.25) is 0 Å². The number of nitrogens with zero attached hydrogens (tertiary/aromatic N) is 3. The molecule has 1 aliphatic heterocycles. The average molecular weight is 294 g/mol. The Balaban J connectivity index is 2.09. The topological polar surface area (TPSA) is 70.5 Å². The van der Waals surface area contributed by atoms with Crippen LogP contribution in [0.3, 0.4) is 0 Å². The summed E-state index contributed by atoms with van der Waals surface area (Å²) in [6.45, 7) is 6.52. The number of anilines is 2. The first-order chi connectivity index (χ1) is 10.2. The molecule has 0 saturated carbocycles. The van der Waals surface area contributed by atoms with Crippen molar-refractivity contribution in [2.45, 2.75) is 39.2 Å². The summed E-state index contributed by atoms with van der Waals surface area (Å²) in [6, 6.07) is 0. The average Bonchev–Trinajstić information content (AvgIpc) is 2.53. The highest BCUT2D eigenvalue weighted by atomic mass is 16.5. The van der Waals surface area contributed by atoms with Gasteiger partial charge in [-0.05, 0) is 19.8 Å². The monoisotopic (exact) mass is 294 g/mol. The van der Waals surface area contributed by atoms with Crippen LogP contribution in [-0.2, 0) is 11.2 Å². The minimum atomic E-state index is 0.0939. The number of aromatic nitrogens is 2. The molecule has 0 aromatic carbocycles. The lowest BCUT2D eigenvalue weighted by atomic mass is 10.1. The first kappa shape index (κ1) is 16.0. The van der Waals surface area contributed by atoms with E-state index in [1.807, 2.05) is 7.05 Å². The van der Waals surface area contributed by atoms with Crippen molar-refractivity contribution in [3.63, 3.8) is 0 Å². The summed E-state index contributed by atoms with van der Waals surface area (Å²) in [5.74, 6) is 2.82. The quantitative estimate of drug-likeness (QED) is 0.826. The summed E-state index contributed by atoms with van der Waals surface area (Å²) >= 11 is 0. The van der Waals surface area contributed by atoms with E-state index in [0.29, 0.717) is 6.61 Å². The molecule has 0 spiro atoms. The molecule has 2 rings (SSSR count). The van der Waals surface area contributed by atoms with Gasteiger partial charge >= 0.3 is 0 Å². The fourth-order valence-corrected chi connectivity index (χ4v) is 2.71. The molecule has 1 aromatic rings. The molecule has 6 heteroatoms. The van der Waals surface area contributed by atoms with E-state index in [2.05, 4.69) is 29.0 Å². The Labute approximate surface area is 126 Å². The van der Waals surface area contributed by atoms with E-state index in [1.54, 1.807) is 0 Å². The lowest BCUT2D eigenvalue weighted by Gasteiger charge is -2.33. The van der Waals surface area contributed by atoms with E-state index < -0.39 is 0 Å². The first-order valence-corrected chi connectivity index (χ1v) is 7.72. The van der Waals surface area contributed by atoms with Crippen LogP contribution in [0, 0.1) is 6.92 Å². The van der Waals surface area contributed by atoms with Gasteiger partial charge in [0.25, 0.3) is 0 Å². The van der Waals surface area contributed by atoms with Crippen molar-refractivity contribution in [3.05, 3.63) is 11.4 Å². The molecule has 2 N–H and O–H groups in total. The zero-order chi connectivity index (χ0) is 15.2. The number of rotatable bonds is 6. The SMILES string of the molecule is CCc1nc(NC)c(C)c(N2CCC(OCCO)CC2)n1. The van der Waals surface area contributed by atoms with Gasteiger partial charge in [-0.3, -0.25) is 0 Å². The smallest absolute Gasteiger partial charge is 0.137 e. The molecule has 0 atom stereocenters. The van der Waals surface area contributed by atoms with Crippen molar-refractivity contribution in [2.24, 2.45) is 0 Å². The molecule has 118 valence electrons. The lowest BCUT2D eigenvalue weighted by molar-refractivity contribution is 0.0158. The molecule has 0 radical (unpaired) electrons. The van der Waals surface area contributed by atoms with Crippen LogP contribution in [-0.4, -0.2) is 54.5 Å². The highest BCUT2D eigenvalue weighted by molar-refractivity contribution is 5.58. The van der Waals surface area contributed by atoms with Crippen LogP contribution in [0.15, 0.2) is 0 Å². The number of nitrogens with one attached hydrogen (secondary N) is 1. The number of aliphatic hydroxyl groups excluding tert-OH is 1. The molecule has 0 bridgehead atoms. The normalized spacial score (nSPS) is 16.3. The minimum Gasteiger partial charge on any atom is -0.394 e. The van der Waals surface area contributed by atoms with Gasteiger partial charge in [0.15, 0.2) is 0 Å². The molecule has 1 aliphatic rings. The maximum atomic E-state index is 8.82. The molecule has 21 heavy (non-hydrogen) atoms. The van der Waals surface area contributed by atoms with Crippen LogP contribution in [0.4, 0.5) is 11.6 Å². The third-order valence-corrected chi connectivity index (χ3v) is 3.91. The molecule has 0 unspecified atom stereocenters. The standard InChI is InChI=1S/C15H26N4O2/c1-4-13-17-14(16-3)11(2)15(18-13)19-7-5-12(6-8-19)21-10-9-20/h12,20H,4-10H2,1-3H3,(H,16,17,18).